The first kappa shape index (κ1) is 15.3. The average Bonchev–Trinajstić information content (AvgIpc) is 3.20. The summed E-state index contributed by atoms with van der Waals surface area (Å²) >= 11 is 0. The van der Waals surface area contributed by atoms with Gasteiger partial charge in [0.25, 0.3) is 5.56 Å². The van der Waals surface area contributed by atoms with Crippen LogP contribution in [-0.4, -0.2) is 29.3 Å². The molecule has 0 spiro atoms. The molecule has 0 saturated heterocycles. The molecule has 7 nitrogen and oxygen atoms in total. The number of hydrogen-bond donors (Lipinski definition) is 0. The van der Waals surface area contributed by atoms with Crippen molar-refractivity contribution >= 4 is 10.8 Å². The first-order valence-electron chi connectivity index (χ1n) is 8.11. The molecule has 126 valence electrons. The highest BCUT2D eigenvalue weighted by molar-refractivity contribution is 5.81. The van der Waals surface area contributed by atoms with Crippen LogP contribution in [0.5, 0.6) is 0 Å². The first-order chi connectivity index (χ1) is 12.1. The maximum absolute atomic E-state index is 12.5. The molecular weight excluding hydrogens is 316 g/mol. The summed E-state index contributed by atoms with van der Waals surface area (Å²) in [6, 6.07) is 9.58. The zero-order valence-corrected chi connectivity index (χ0v) is 14.1. The van der Waals surface area contributed by atoms with Gasteiger partial charge in [0.15, 0.2) is 0 Å². The van der Waals surface area contributed by atoms with Gasteiger partial charge in [-0.1, -0.05) is 23.4 Å². The smallest absolute Gasteiger partial charge is 0.258 e. The number of aromatic nitrogens is 6. The Morgan fingerprint density at radius 2 is 1.92 bits per heavy atom. The van der Waals surface area contributed by atoms with Crippen molar-refractivity contribution in [2.75, 3.05) is 0 Å². The lowest BCUT2D eigenvalue weighted by atomic mass is 10.2. The minimum atomic E-state index is 0.0153. The molecule has 25 heavy (non-hydrogen) atoms. The van der Waals surface area contributed by atoms with Gasteiger partial charge in [0.05, 0.1) is 18.4 Å². The Morgan fingerprint density at radius 3 is 2.72 bits per heavy atom. The molecule has 0 saturated carbocycles. The molecule has 7 heteroatoms. The van der Waals surface area contributed by atoms with Crippen molar-refractivity contribution in [1.29, 1.82) is 0 Å². The number of nitrogens with zero attached hydrogens (tertiary/aromatic N) is 6. The summed E-state index contributed by atoms with van der Waals surface area (Å²) in [7, 11) is 1.88. The summed E-state index contributed by atoms with van der Waals surface area (Å²) in [5.41, 5.74) is 2.69. The maximum atomic E-state index is 12.5. The Labute approximate surface area is 144 Å². The van der Waals surface area contributed by atoms with Crippen LogP contribution in [0.3, 0.4) is 0 Å². The normalized spacial score (nSPS) is 11.3. The summed E-state index contributed by atoms with van der Waals surface area (Å²) < 4.78 is 5.22. The lowest BCUT2D eigenvalue weighted by Gasteiger charge is -2.06. The Bertz CT molecular complexity index is 1100. The van der Waals surface area contributed by atoms with Crippen LogP contribution in [0.4, 0.5) is 0 Å². The van der Waals surface area contributed by atoms with E-state index in [9.17, 15) is 4.79 Å². The number of fused-ring (bicyclic) bond motifs is 1. The van der Waals surface area contributed by atoms with Gasteiger partial charge in [-0.25, -0.2) is 0 Å². The molecule has 0 aliphatic carbocycles. The molecule has 0 aliphatic rings. The van der Waals surface area contributed by atoms with Crippen LogP contribution in [0.25, 0.3) is 22.0 Å². The van der Waals surface area contributed by atoms with Crippen LogP contribution in [0, 0.1) is 6.92 Å². The highest BCUT2D eigenvalue weighted by Crippen LogP contribution is 2.19. The van der Waals surface area contributed by atoms with Crippen molar-refractivity contribution in [2.24, 2.45) is 7.05 Å². The van der Waals surface area contributed by atoms with Gasteiger partial charge < -0.3 is 4.57 Å². The van der Waals surface area contributed by atoms with E-state index in [-0.39, 0.29) is 5.56 Å². The molecule has 4 aromatic rings. The fraction of sp³-hybridized carbons (Fsp3) is 0.222. The number of rotatable bonds is 4. The van der Waals surface area contributed by atoms with Crippen molar-refractivity contribution < 1.29 is 0 Å². The minimum absolute atomic E-state index is 0.0153. The van der Waals surface area contributed by atoms with E-state index in [1.165, 1.54) is 0 Å². The molecule has 0 fully saturated rings. The molecule has 0 unspecified atom stereocenters. The minimum Gasteiger partial charge on any atom is -0.313 e. The second-order valence-corrected chi connectivity index (χ2v) is 6.07. The third kappa shape index (κ3) is 2.84. The van der Waals surface area contributed by atoms with Crippen LogP contribution < -0.4 is 5.56 Å². The summed E-state index contributed by atoms with van der Waals surface area (Å²) in [5, 5.41) is 14.4. The van der Waals surface area contributed by atoms with Crippen molar-refractivity contribution in [1.82, 2.24) is 29.3 Å². The Balaban J connectivity index is 1.55. The van der Waals surface area contributed by atoms with Crippen molar-refractivity contribution in [2.45, 2.75) is 20.0 Å². The summed E-state index contributed by atoms with van der Waals surface area (Å²) in [6.45, 7) is 3.06. The Hall–Kier alpha value is -3.22. The van der Waals surface area contributed by atoms with Crippen LogP contribution in [0.2, 0.25) is 0 Å². The molecule has 3 heterocycles. The van der Waals surface area contributed by atoms with E-state index in [4.69, 9.17) is 0 Å². The summed E-state index contributed by atoms with van der Waals surface area (Å²) in [6.07, 6.45) is 5.64. The van der Waals surface area contributed by atoms with Gasteiger partial charge in [-0.15, -0.1) is 5.10 Å². The van der Waals surface area contributed by atoms with Crippen LogP contribution >= 0.6 is 0 Å². The molecule has 3 aromatic heterocycles. The molecule has 4 rings (SSSR count). The predicted octanol–water partition coefficient (Wildman–Crippen LogP) is 2.00. The van der Waals surface area contributed by atoms with Gasteiger partial charge in [-0.05, 0) is 24.4 Å². The van der Waals surface area contributed by atoms with Gasteiger partial charge in [0.2, 0.25) is 0 Å². The molecule has 0 bridgehead atoms. The molecule has 0 N–H and O–H groups in total. The number of pyridine rings is 1. The average molecular weight is 334 g/mol. The van der Waals surface area contributed by atoms with E-state index >= 15 is 0 Å². The van der Waals surface area contributed by atoms with E-state index < -0.39 is 0 Å². The fourth-order valence-electron chi connectivity index (χ4n) is 3.00. The second-order valence-electron chi connectivity index (χ2n) is 6.07. The number of hydrogen-bond acceptors (Lipinski definition) is 4. The lowest BCUT2D eigenvalue weighted by molar-refractivity contribution is 0.512. The summed E-state index contributed by atoms with van der Waals surface area (Å²) in [5.74, 6) is 0. The topological polar surface area (TPSA) is 70.5 Å². The van der Waals surface area contributed by atoms with Crippen LogP contribution in [-0.2, 0) is 20.1 Å². The summed E-state index contributed by atoms with van der Waals surface area (Å²) in [4.78, 5) is 12.5. The highest BCUT2D eigenvalue weighted by Gasteiger charge is 2.10. The Morgan fingerprint density at radius 1 is 1.08 bits per heavy atom. The monoisotopic (exact) mass is 334 g/mol. The molecule has 0 amide bonds. The quantitative estimate of drug-likeness (QED) is 0.572. The van der Waals surface area contributed by atoms with Crippen molar-refractivity contribution in [3.63, 3.8) is 0 Å². The van der Waals surface area contributed by atoms with Gasteiger partial charge in [0, 0.05) is 36.9 Å². The molecule has 0 atom stereocenters. The molecule has 1 aromatic carbocycles. The number of aryl methyl sites for hydroxylation is 4. The second kappa shape index (κ2) is 6.01. The van der Waals surface area contributed by atoms with Gasteiger partial charge >= 0.3 is 0 Å². The maximum Gasteiger partial charge on any atom is 0.258 e. The first-order valence-corrected chi connectivity index (χ1v) is 8.11. The van der Waals surface area contributed by atoms with Crippen molar-refractivity contribution in [3.8, 4) is 11.3 Å². The molecular formula is C18H18N6O. The zero-order chi connectivity index (χ0) is 17.4. The van der Waals surface area contributed by atoms with Crippen LogP contribution in [0.1, 0.15) is 5.69 Å². The standard InChI is InChI=1S/C18H18N6O/c1-13-16(11-22(2)20-13)17-12-24(21-19-17)10-9-23-8-7-14-5-3-4-6-15(14)18(23)25/h3-8,11-12H,9-10H2,1-2H3. The zero-order valence-electron chi connectivity index (χ0n) is 14.1. The Kier molecular flexibility index (Phi) is 3.68. The fourth-order valence-corrected chi connectivity index (χ4v) is 3.00. The van der Waals surface area contributed by atoms with Crippen molar-refractivity contribution in [3.05, 3.63) is 65.0 Å². The van der Waals surface area contributed by atoms with E-state index in [1.54, 1.807) is 13.9 Å². The van der Waals surface area contributed by atoms with E-state index in [1.807, 2.05) is 62.9 Å². The molecule has 0 aliphatic heterocycles. The van der Waals surface area contributed by atoms with E-state index in [2.05, 4.69) is 15.4 Å². The van der Waals surface area contributed by atoms with Gasteiger partial charge in [0.1, 0.15) is 5.69 Å². The van der Waals surface area contributed by atoms with E-state index in [0.29, 0.717) is 13.1 Å². The predicted molar refractivity (Wildman–Crippen MR) is 95.2 cm³/mol. The highest BCUT2D eigenvalue weighted by atomic mass is 16.1. The largest absolute Gasteiger partial charge is 0.313 e. The van der Waals surface area contributed by atoms with Gasteiger partial charge in [-0.3, -0.25) is 14.2 Å². The molecule has 0 radical (unpaired) electrons. The lowest BCUT2D eigenvalue weighted by Crippen LogP contribution is -2.22. The van der Waals surface area contributed by atoms with E-state index in [0.717, 1.165) is 27.7 Å². The number of benzene rings is 1. The third-order valence-electron chi connectivity index (χ3n) is 4.28. The van der Waals surface area contributed by atoms with Gasteiger partial charge in [-0.2, -0.15) is 5.10 Å². The SMILES string of the molecule is Cc1nn(C)cc1-c1cn(CCn2ccc3ccccc3c2=O)nn1. The van der Waals surface area contributed by atoms with Crippen LogP contribution in [0.15, 0.2) is 53.7 Å². The third-order valence-corrected chi connectivity index (χ3v) is 4.28.